The number of urea groups is 1. The molecule has 0 saturated carbocycles. The van der Waals surface area contributed by atoms with Crippen LogP contribution in [0.4, 0.5) is 25.0 Å². The second-order valence-corrected chi connectivity index (χ2v) is 7.37. The van der Waals surface area contributed by atoms with Crippen molar-refractivity contribution in [2.45, 2.75) is 30.9 Å². The average Bonchev–Trinajstić information content (AvgIpc) is 2.73. The minimum Gasteiger partial charge on any atom is -0.481 e. The molecule has 2 aliphatic rings. The van der Waals surface area contributed by atoms with E-state index in [0.717, 1.165) is 5.56 Å². The van der Waals surface area contributed by atoms with Crippen LogP contribution in [0.25, 0.3) is 0 Å². The van der Waals surface area contributed by atoms with Gasteiger partial charge in [0.05, 0.1) is 6.04 Å². The van der Waals surface area contributed by atoms with Crippen LogP contribution in [0.15, 0.2) is 42.5 Å². The molecule has 0 unspecified atom stereocenters. The number of aryl methyl sites for hydroxylation is 1. The van der Waals surface area contributed by atoms with Crippen LogP contribution in [0.3, 0.4) is 0 Å². The zero-order chi connectivity index (χ0) is 20.4. The summed E-state index contributed by atoms with van der Waals surface area (Å²) < 4.78 is 32.7. The smallest absolute Gasteiger partial charge is 0.319 e. The summed E-state index contributed by atoms with van der Waals surface area (Å²) in [4.78, 5) is 24.1. The highest BCUT2D eigenvalue weighted by Crippen LogP contribution is 2.40. The van der Waals surface area contributed by atoms with Gasteiger partial charge < -0.3 is 20.7 Å². The number of hydrogen-bond acceptors (Lipinski definition) is 3. The summed E-state index contributed by atoms with van der Waals surface area (Å²) in [7, 11) is 0. The maximum atomic E-state index is 13.6. The summed E-state index contributed by atoms with van der Waals surface area (Å²) in [6, 6.07) is 11.1. The summed E-state index contributed by atoms with van der Waals surface area (Å²) in [5.74, 6) is 0.294. The summed E-state index contributed by atoms with van der Waals surface area (Å²) in [6.45, 7) is -2.00. The van der Waals surface area contributed by atoms with Gasteiger partial charge in [-0.15, -0.1) is 0 Å². The molecule has 0 radical (unpaired) electrons. The average molecular weight is 401 g/mol. The standard InChI is InChI=1S/C21H21F2N3O3/c22-11-21(12-23)10-17(15-3-1-2-4-18(15)29-21)26-20(28)24-14-7-5-13-6-8-19(27)25-16(13)9-14/h1-5,7,9,17H,6,8,10-12H2,(H,25,27)(H2,24,26,28)/t17-/m1/s1. The van der Waals surface area contributed by atoms with Crippen LogP contribution in [0, 0.1) is 0 Å². The fourth-order valence-corrected chi connectivity index (χ4v) is 3.72. The van der Waals surface area contributed by atoms with Gasteiger partial charge >= 0.3 is 6.03 Å². The number of halogens is 2. The summed E-state index contributed by atoms with van der Waals surface area (Å²) in [5.41, 5.74) is 1.24. The first kappa shape index (κ1) is 19.2. The number of benzene rings is 2. The molecule has 8 heteroatoms. The van der Waals surface area contributed by atoms with Crippen molar-refractivity contribution in [1.29, 1.82) is 0 Å². The molecule has 6 nitrogen and oxygen atoms in total. The molecule has 3 N–H and O–H groups in total. The Hall–Kier alpha value is -3.16. The van der Waals surface area contributed by atoms with Gasteiger partial charge in [-0.3, -0.25) is 4.79 Å². The number of amides is 3. The van der Waals surface area contributed by atoms with Gasteiger partial charge in [0, 0.05) is 29.8 Å². The molecule has 1 atom stereocenters. The molecule has 3 amide bonds. The Kier molecular flexibility index (Phi) is 5.08. The highest BCUT2D eigenvalue weighted by molar-refractivity contribution is 5.96. The number of fused-ring (bicyclic) bond motifs is 2. The third kappa shape index (κ3) is 3.87. The number of para-hydroxylation sites is 1. The first-order chi connectivity index (χ1) is 14.0. The highest BCUT2D eigenvalue weighted by Gasteiger charge is 2.42. The van der Waals surface area contributed by atoms with Gasteiger partial charge in [0.15, 0.2) is 5.60 Å². The van der Waals surface area contributed by atoms with E-state index in [1.807, 2.05) is 6.07 Å². The second-order valence-electron chi connectivity index (χ2n) is 7.37. The third-order valence-electron chi connectivity index (χ3n) is 5.25. The normalized spacial score (nSPS) is 19.2. The lowest BCUT2D eigenvalue weighted by atomic mass is 9.88. The number of anilines is 2. The zero-order valence-electron chi connectivity index (χ0n) is 15.6. The molecule has 2 heterocycles. The van der Waals surface area contributed by atoms with Crippen LogP contribution in [-0.2, 0) is 11.2 Å². The Morgan fingerprint density at radius 2 is 1.97 bits per heavy atom. The van der Waals surface area contributed by atoms with Crippen molar-refractivity contribution >= 4 is 23.3 Å². The lowest BCUT2D eigenvalue weighted by Crippen LogP contribution is -2.49. The van der Waals surface area contributed by atoms with Gasteiger partial charge in [0.25, 0.3) is 0 Å². The molecule has 0 saturated heterocycles. The number of rotatable bonds is 4. The third-order valence-corrected chi connectivity index (χ3v) is 5.25. The van der Waals surface area contributed by atoms with Crippen molar-refractivity contribution in [1.82, 2.24) is 5.32 Å². The summed E-state index contributed by atoms with van der Waals surface area (Å²) in [6.07, 6.45) is 1.07. The maximum Gasteiger partial charge on any atom is 0.319 e. The van der Waals surface area contributed by atoms with Crippen molar-refractivity contribution in [2.24, 2.45) is 0 Å². The number of carbonyl (C=O) groups is 2. The van der Waals surface area contributed by atoms with E-state index in [-0.39, 0.29) is 12.3 Å². The van der Waals surface area contributed by atoms with Crippen LogP contribution < -0.4 is 20.7 Å². The van der Waals surface area contributed by atoms with E-state index in [0.29, 0.717) is 35.5 Å². The minimum absolute atomic E-state index is 0.0231. The molecule has 0 fully saturated rings. The SMILES string of the molecule is O=C1CCc2ccc(NC(=O)N[C@@H]3CC(CF)(CF)Oc4ccccc43)cc2N1. The van der Waals surface area contributed by atoms with Crippen molar-refractivity contribution in [3.05, 3.63) is 53.6 Å². The van der Waals surface area contributed by atoms with Crippen LogP contribution in [-0.4, -0.2) is 30.9 Å². The molecular formula is C21H21F2N3O3. The quantitative estimate of drug-likeness (QED) is 0.727. The van der Waals surface area contributed by atoms with Crippen LogP contribution in [0.5, 0.6) is 5.75 Å². The summed E-state index contributed by atoms with van der Waals surface area (Å²) >= 11 is 0. The fraction of sp³-hybridized carbons (Fsp3) is 0.333. The molecule has 29 heavy (non-hydrogen) atoms. The molecule has 152 valence electrons. The molecule has 0 spiro atoms. The minimum atomic E-state index is -1.61. The lowest BCUT2D eigenvalue weighted by molar-refractivity contribution is -0.116. The van der Waals surface area contributed by atoms with Gasteiger partial charge in [-0.2, -0.15) is 0 Å². The van der Waals surface area contributed by atoms with E-state index in [1.54, 1.807) is 36.4 Å². The predicted molar refractivity (Wildman–Crippen MR) is 105 cm³/mol. The molecule has 2 aromatic carbocycles. The van der Waals surface area contributed by atoms with E-state index in [1.165, 1.54) is 0 Å². The monoisotopic (exact) mass is 401 g/mol. The van der Waals surface area contributed by atoms with Crippen molar-refractivity contribution in [2.75, 3.05) is 24.0 Å². The number of hydrogen-bond donors (Lipinski definition) is 3. The van der Waals surface area contributed by atoms with Gasteiger partial charge in [0.2, 0.25) is 5.91 Å². The van der Waals surface area contributed by atoms with E-state index >= 15 is 0 Å². The zero-order valence-corrected chi connectivity index (χ0v) is 15.6. The predicted octanol–water partition coefficient (Wildman–Crippen LogP) is 3.89. The molecule has 0 aliphatic carbocycles. The van der Waals surface area contributed by atoms with Gasteiger partial charge in [-0.25, -0.2) is 13.6 Å². The first-order valence-electron chi connectivity index (χ1n) is 9.42. The molecule has 0 bridgehead atoms. The highest BCUT2D eigenvalue weighted by atomic mass is 19.1. The maximum absolute atomic E-state index is 13.6. The number of ether oxygens (including phenoxy) is 1. The Labute approximate surface area is 166 Å². The number of carbonyl (C=O) groups excluding carboxylic acids is 2. The molecule has 2 aliphatic heterocycles. The fourth-order valence-electron chi connectivity index (χ4n) is 3.72. The van der Waals surface area contributed by atoms with E-state index in [4.69, 9.17) is 4.74 Å². The van der Waals surface area contributed by atoms with E-state index in [2.05, 4.69) is 16.0 Å². The Morgan fingerprint density at radius 1 is 1.17 bits per heavy atom. The van der Waals surface area contributed by atoms with Crippen LogP contribution in [0.1, 0.15) is 30.0 Å². The van der Waals surface area contributed by atoms with Crippen molar-refractivity contribution in [3.8, 4) is 5.75 Å². The van der Waals surface area contributed by atoms with E-state index < -0.39 is 31.0 Å². The Balaban J connectivity index is 1.50. The van der Waals surface area contributed by atoms with Crippen LogP contribution in [0.2, 0.25) is 0 Å². The molecule has 2 aromatic rings. The van der Waals surface area contributed by atoms with E-state index in [9.17, 15) is 18.4 Å². The van der Waals surface area contributed by atoms with Crippen LogP contribution >= 0.6 is 0 Å². The number of alkyl halides is 2. The topological polar surface area (TPSA) is 79.5 Å². The first-order valence-corrected chi connectivity index (χ1v) is 9.42. The van der Waals surface area contributed by atoms with Gasteiger partial charge in [-0.05, 0) is 30.2 Å². The van der Waals surface area contributed by atoms with Crippen molar-refractivity contribution < 1.29 is 23.1 Å². The molecule has 4 rings (SSSR count). The Morgan fingerprint density at radius 3 is 2.76 bits per heavy atom. The largest absolute Gasteiger partial charge is 0.481 e. The second kappa shape index (κ2) is 7.69. The lowest BCUT2D eigenvalue weighted by Gasteiger charge is -2.39. The van der Waals surface area contributed by atoms with Gasteiger partial charge in [-0.1, -0.05) is 24.3 Å². The molecule has 0 aromatic heterocycles. The molecular weight excluding hydrogens is 380 g/mol. The number of nitrogens with one attached hydrogen (secondary N) is 3. The van der Waals surface area contributed by atoms with Gasteiger partial charge in [0.1, 0.15) is 19.1 Å². The summed E-state index contributed by atoms with van der Waals surface area (Å²) in [5, 5.41) is 8.29. The van der Waals surface area contributed by atoms with Crippen molar-refractivity contribution in [3.63, 3.8) is 0 Å². The Bertz CT molecular complexity index is 947.